The molecule has 0 aromatic heterocycles. The van der Waals surface area contributed by atoms with Crippen molar-refractivity contribution in [2.24, 2.45) is 0 Å². The Morgan fingerprint density at radius 2 is 1.13 bits per heavy atom. The van der Waals surface area contributed by atoms with E-state index < -0.39 is 0 Å². The lowest BCUT2D eigenvalue weighted by atomic mass is 9.84. The summed E-state index contributed by atoms with van der Waals surface area (Å²) < 4.78 is 0. The minimum Gasteiger partial charge on any atom is -0.0622 e. The first-order valence-electron chi connectivity index (χ1n) is 10.9. The van der Waals surface area contributed by atoms with Crippen molar-refractivity contribution in [3.63, 3.8) is 0 Å². The Morgan fingerprint density at radius 3 is 2.00 bits per heavy atom. The van der Waals surface area contributed by atoms with Crippen LogP contribution in [0, 0.1) is 0 Å². The van der Waals surface area contributed by atoms with Crippen LogP contribution in [0.1, 0.15) is 22.6 Å². The smallest absolute Gasteiger partial charge is 0.0358 e. The van der Waals surface area contributed by atoms with E-state index in [1.165, 1.54) is 60.1 Å². The molecule has 6 aromatic carbocycles. The van der Waals surface area contributed by atoms with E-state index in [0.29, 0.717) is 0 Å². The largest absolute Gasteiger partial charge is 0.0622 e. The van der Waals surface area contributed by atoms with Gasteiger partial charge in [-0.25, -0.2) is 0 Å². The SMILES string of the molecule is c1ccc(C2c3ccccc3-c3c2c2ccccc2c2ccc4ccccc4c32)cc1. The van der Waals surface area contributed by atoms with Gasteiger partial charge in [0, 0.05) is 5.92 Å². The molecule has 0 aliphatic heterocycles. The molecule has 7 rings (SSSR count). The second-order valence-corrected chi connectivity index (χ2v) is 8.47. The third kappa shape index (κ3) is 2.25. The van der Waals surface area contributed by atoms with Crippen molar-refractivity contribution in [1.29, 1.82) is 0 Å². The van der Waals surface area contributed by atoms with Crippen LogP contribution < -0.4 is 0 Å². The Hall–Kier alpha value is -3.90. The second kappa shape index (κ2) is 6.30. The third-order valence-electron chi connectivity index (χ3n) is 6.92. The van der Waals surface area contributed by atoms with Crippen LogP contribution in [0.15, 0.2) is 115 Å². The van der Waals surface area contributed by atoms with Gasteiger partial charge in [0.25, 0.3) is 0 Å². The minimum atomic E-state index is 0.251. The Balaban J connectivity index is 1.78. The molecule has 6 aromatic rings. The predicted octanol–water partition coefficient (Wildman–Crippen LogP) is 8.31. The zero-order valence-corrected chi connectivity index (χ0v) is 17.0. The molecule has 1 atom stereocenters. The monoisotopic (exact) mass is 392 g/mol. The Kier molecular flexibility index (Phi) is 3.42. The Bertz CT molecular complexity index is 1620. The van der Waals surface area contributed by atoms with Gasteiger partial charge in [0.05, 0.1) is 0 Å². The van der Waals surface area contributed by atoms with Crippen molar-refractivity contribution in [2.45, 2.75) is 5.92 Å². The molecule has 31 heavy (non-hydrogen) atoms. The summed E-state index contributed by atoms with van der Waals surface area (Å²) in [5.74, 6) is 0.251. The highest BCUT2D eigenvalue weighted by Crippen LogP contribution is 2.54. The highest BCUT2D eigenvalue weighted by atomic mass is 14.4. The van der Waals surface area contributed by atoms with Crippen LogP contribution in [0.3, 0.4) is 0 Å². The lowest BCUT2D eigenvalue weighted by Crippen LogP contribution is -2.00. The molecule has 0 spiro atoms. The molecule has 1 aliphatic carbocycles. The molecular weight excluding hydrogens is 372 g/mol. The molecule has 0 nitrogen and oxygen atoms in total. The zero-order chi connectivity index (χ0) is 20.4. The molecule has 0 heterocycles. The maximum Gasteiger partial charge on any atom is 0.0358 e. The van der Waals surface area contributed by atoms with Gasteiger partial charge < -0.3 is 0 Å². The fourth-order valence-electron chi connectivity index (χ4n) is 5.69. The maximum absolute atomic E-state index is 2.32. The fraction of sp³-hybridized carbons (Fsp3) is 0.0323. The summed E-state index contributed by atoms with van der Waals surface area (Å²) in [5.41, 5.74) is 7.01. The molecule has 0 radical (unpaired) electrons. The first-order chi connectivity index (χ1) is 15.4. The third-order valence-corrected chi connectivity index (χ3v) is 6.92. The van der Waals surface area contributed by atoms with E-state index >= 15 is 0 Å². The molecule has 0 bridgehead atoms. The van der Waals surface area contributed by atoms with E-state index in [1.807, 2.05) is 0 Å². The van der Waals surface area contributed by atoms with Gasteiger partial charge >= 0.3 is 0 Å². The van der Waals surface area contributed by atoms with Gasteiger partial charge in [-0.3, -0.25) is 0 Å². The van der Waals surface area contributed by atoms with E-state index in [2.05, 4.69) is 115 Å². The van der Waals surface area contributed by atoms with Crippen LogP contribution in [-0.2, 0) is 0 Å². The average molecular weight is 393 g/mol. The lowest BCUT2D eigenvalue weighted by Gasteiger charge is -2.19. The van der Waals surface area contributed by atoms with E-state index in [4.69, 9.17) is 0 Å². The van der Waals surface area contributed by atoms with Gasteiger partial charge in [0.1, 0.15) is 0 Å². The highest BCUT2D eigenvalue weighted by Gasteiger charge is 2.33. The quantitative estimate of drug-likeness (QED) is 0.246. The molecule has 0 heteroatoms. The molecule has 1 aliphatic rings. The lowest BCUT2D eigenvalue weighted by molar-refractivity contribution is 1.03. The normalized spacial score (nSPS) is 14.8. The van der Waals surface area contributed by atoms with Crippen molar-refractivity contribution in [1.82, 2.24) is 0 Å². The van der Waals surface area contributed by atoms with Crippen molar-refractivity contribution in [2.75, 3.05) is 0 Å². The van der Waals surface area contributed by atoms with Gasteiger partial charge in [-0.2, -0.15) is 0 Å². The van der Waals surface area contributed by atoms with Crippen molar-refractivity contribution < 1.29 is 0 Å². The second-order valence-electron chi connectivity index (χ2n) is 8.47. The topological polar surface area (TPSA) is 0 Å². The summed E-state index contributed by atoms with van der Waals surface area (Å²) in [5, 5.41) is 8.08. The van der Waals surface area contributed by atoms with Crippen LogP contribution in [0.25, 0.3) is 43.4 Å². The summed E-state index contributed by atoms with van der Waals surface area (Å²) >= 11 is 0. The summed E-state index contributed by atoms with van der Waals surface area (Å²) in [6.45, 7) is 0. The number of fused-ring (bicyclic) bond motifs is 10. The van der Waals surface area contributed by atoms with Crippen LogP contribution in [0.2, 0.25) is 0 Å². The number of hydrogen-bond acceptors (Lipinski definition) is 0. The standard InChI is InChI=1S/C31H20/c1-2-11-21(12-3-1)28-25-16-8-9-17-26(25)31-29-22-13-5-4-10-20(22)18-19-27(29)23-14-6-7-15-24(23)30(28)31/h1-19,28H. The van der Waals surface area contributed by atoms with E-state index in [-0.39, 0.29) is 5.92 Å². The van der Waals surface area contributed by atoms with Crippen molar-refractivity contribution >= 4 is 32.3 Å². The van der Waals surface area contributed by atoms with Crippen LogP contribution in [0.4, 0.5) is 0 Å². The number of hydrogen-bond donors (Lipinski definition) is 0. The van der Waals surface area contributed by atoms with Crippen LogP contribution in [0.5, 0.6) is 0 Å². The van der Waals surface area contributed by atoms with E-state index in [1.54, 1.807) is 0 Å². The maximum atomic E-state index is 2.32. The van der Waals surface area contributed by atoms with Crippen LogP contribution in [-0.4, -0.2) is 0 Å². The highest BCUT2D eigenvalue weighted by molar-refractivity contribution is 6.25. The van der Waals surface area contributed by atoms with E-state index in [9.17, 15) is 0 Å². The Morgan fingerprint density at radius 1 is 0.452 bits per heavy atom. The molecule has 0 fully saturated rings. The molecule has 0 saturated carbocycles. The average Bonchev–Trinajstić information content (AvgIpc) is 3.20. The van der Waals surface area contributed by atoms with Crippen molar-refractivity contribution in [3.05, 3.63) is 132 Å². The van der Waals surface area contributed by atoms with Gasteiger partial charge in [0.2, 0.25) is 0 Å². The molecule has 144 valence electrons. The van der Waals surface area contributed by atoms with Crippen LogP contribution >= 0.6 is 0 Å². The van der Waals surface area contributed by atoms with Gasteiger partial charge in [-0.05, 0) is 60.1 Å². The number of benzene rings is 6. The molecular formula is C31H20. The minimum absolute atomic E-state index is 0.251. The first kappa shape index (κ1) is 16.8. The van der Waals surface area contributed by atoms with Gasteiger partial charge in [-0.1, -0.05) is 115 Å². The summed E-state index contributed by atoms with van der Waals surface area (Å²) in [4.78, 5) is 0. The molecule has 0 saturated heterocycles. The number of rotatable bonds is 1. The predicted molar refractivity (Wildman–Crippen MR) is 132 cm³/mol. The van der Waals surface area contributed by atoms with Crippen molar-refractivity contribution in [3.8, 4) is 11.1 Å². The van der Waals surface area contributed by atoms with Gasteiger partial charge in [0.15, 0.2) is 0 Å². The molecule has 1 unspecified atom stereocenters. The Labute approximate surface area is 181 Å². The molecule has 0 amide bonds. The van der Waals surface area contributed by atoms with E-state index in [0.717, 1.165) is 0 Å². The van der Waals surface area contributed by atoms with Gasteiger partial charge in [-0.15, -0.1) is 0 Å². The molecule has 0 N–H and O–H groups in total. The first-order valence-corrected chi connectivity index (χ1v) is 10.9. The summed E-state index contributed by atoms with van der Waals surface area (Å²) in [6.07, 6.45) is 0. The summed E-state index contributed by atoms with van der Waals surface area (Å²) in [6, 6.07) is 42.3. The summed E-state index contributed by atoms with van der Waals surface area (Å²) in [7, 11) is 0. The zero-order valence-electron chi connectivity index (χ0n) is 17.0. The fourth-order valence-corrected chi connectivity index (χ4v) is 5.69.